The second kappa shape index (κ2) is 5.14. The van der Waals surface area contributed by atoms with Crippen LogP contribution in [0.5, 0.6) is 11.5 Å². The molecule has 0 aliphatic carbocycles. The van der Waals surface area contributed by atoms with Crippen molar-refractivity contribution < 1.29 is 4.74 Å². The van der Waals surface area contributed by atoms with Crippen molar-refractivity contribution in [2.45, 2.75) is 0 Å². The average molecular weight is 228 g/mol. The summed E-state index contributed by atoms with van der Waals surface area (Å²) in [4.78, 5) is 11.9. The lowest BCUT2D eigenvalue weighted by Crippen LogP contribution is -2.15. The fourth-order valence-corrected chi connectivity index (χ4v) is 1.39. The van der Waals surface area contributed by atoms with Crippen molar-refractivity contribution >= 4 is 5.69 Å². The molecule has 0 fully saturated rings. The molecule has 0 aromatic heterocycles. The molecule has 0 heterocycles. The number of nitrogens with two attached hydrogens (primary N) is 1. The number of para-hydroxylation sites is 1. The first-order valence-corrected chi connectivity index (χ1v) is 5.14. The van der Waals surface area contributed by atoms with Gasteiger partial charge in [0.25, 0.3) is 0 Å². The van der Waals surface area contributed by atoms with Crippen molar-refractivity contribution in [2.75, 3.05) is 5.43 Å². The van der Waals surface area contributed by atoms with Crippen LogP contribution in [0, 0.1) is 0 Å². The fraction of sp³-hybridized carbons (Fsp3) is 0. The molecule has 86 valence electrons. The van der Waals surface area contributed by atoms with Crippen LogP contribution in [0.3, 0.4) is 0 Å². The van der Waals surface area contributed by atoms with Gasteiger partial charge in [0.05, 0.1) is 0 Å². The van der Waals surface area contributed by atoms with Gasteiger partial charge >= 0.3 is 0 Å². The third-order valence-electron chi connectivity index (χ3n) is 2.22. The number of hydrogen-bond donors (Lipinski definition) is 2. The van der Waals surface area contributed by atoms with E-state index in [0.717, 1.165) is 0 Å². The summed E-state index contributed by atoms with van der Waals surface area (Å²) in [5.41, 5.74) is 2.36. The standard InChI is InChI=1S/C13H12N2O2/c14-15-11-8-4-5-9-12(13(11)16)17-10-6-2-1-3-7-10/h1-9H,14H2,(H,15,16). The van der Waals surface area contributed by atoms with Gasteiger partial charge in [0, 0.05) is 0 Å². The monoisotopic (exact) mass is 228 g/mol. The Morgan fingerprint density at radius 2 is 1.59 bits per heavy atom. The molecule has 0 saturated carbocycles. The number of anilines is 1. The average Bonchev–Trinajstić information content (AvgIpc) is 2.54. The molecule has 17 heavy (non-hydrogen) atoms. The zero-order chi connectivity index (χ0) is 12.1. The minimum atomic E-state index is -0.277. The van der Waals surface area contributed by atoms with E-state index >= 15 is 0 Å². The Kier molecular flexibility index (Phi) is 3.37. The molecule has 2 aromatic carbocycles. The van der Waals surface area contributed by atoms with Crippen LogP contribution in [-0.2, 0) is 0 Å². The molecule has 0 saturated heterocycles. The highest BCUT2D eigenvalue weighted by Gasteiger charge is 2.04. The van der Waals surface area contributed by atoms with E-state index in [4.69, 9.17) is 10.6 Å². The second-order valence-electron chi connectivity index (χ2n) is 3.38. The molecule has 0 atom stereocenters. The van der Waals surface area contributed by atoms with E-state index in [-0.39, 0.29) is 11.2 Å². The van der Waals surface area contributed by atoms with Crippen molar-refractivity contribution in [2.24, 2.45) is 5.84 Å². The van der Waals surface area contributed by atoms with Crippen LogP contribution in [-0.4, -0.2) is 0 Å². The summed E-state index contributed by atoms with van der Waals surface area (Å²) in [7, 11) is 0. The maximum absolute atomic E-state index is 11.9. The zero-order valence-electron chi connectivity index (χ0n) is 9.09. The Hall–Kier alpha value is -2.33. The van der Waals surface area contributed by atoms with E-state index in [1.165, 1.54) is 0 Å². The Morgan fingerprint density at radius 3 is 2.29 bits per heavy atom. The van der Waals surface area contributed by atoms with Gasteiger partial charge in [0.15, 0.2) is 5.75 Å². The van der Waals surface area contributed by atoms with Crippen LogP contribution in [0.4, 0.5) is 5.69 Å². The normalized spacial score (nSPS) is 9.71. The summed E-state index contributed by atoms with van der Waals surface area (Å²) < 4.78 is 5.50. The number of rotatable bonds is 3. The van der Waals surface area contributed by atoms with Crippen molar-refractivity contribution in [1.82, 2.24) is 0 Å². The lowest BCUT2D eigenvalue weighted by Gasteiger charge is -2.03. The Morgan fingerprint density at radius 1 is 0.941 bits per heavy atom. The van der Waals surface area contributed by atoms with Crippen molar-refractivity contribution in [3.63, 3.8) is 0 Å². The predicted octanol–water partition coefficient (Wildman–Crippen LogP) is 2.12. The van der Waals surface area contributed by atoms with Gasteiger partial charge in [-0.3, -0.25) is 10.6 Å². The second-order valence-corrected chi connectivity index (χ2v) is 3.38. The Balaban J connectivity index is 2.41. The van der Waals surface area contributed by atoms with Crippen molar-refractivity contribution in [3.05, 3.63) is 64.8 Å². The summed E-state index contributed by atoms with van der Waals surface area (Å²) >= 11 is 0. The molecule has 0 amide bonds. The topological polar surface area (TPSA) is 64.3 Å². The number of hydrogen-bond acceptors (Lipinski definition) is 4. The molecule has 2 aromatic rings. The van der Waals surface area contributed by atoms with E-state index in [9.17, 15) is 4.79 Å². The maximum atomic E-state index is 11.9. The van der Waals surface area contributed by atoms with E-state index < -0.39 is 0 Å². The van der Waals surface area contributed by atoms with Gasteiger partial charge < -0.3 is 10.2 Å². The maximum Gasteiger partial charge on any atom is 0.245 e. The van der Waals surface area contributed by atoms with Crippen LogP contribution < -0.4 is 21.4 Å². The molecule has 0 radical (unpaired) electrons. The molecule has 2 rings (SSSR count). The fourth-order valence-electron chi connectivity index (χ4n) is 1.39. The molecule has 0 spiro atoms. The molecule has 0 aliphatic rings. The SMILES string of the molecule is NNc1ccccc(Oc2ccccc2)c1=O. The molecular weight excluding hydrogens is 216 g/mol. The first-order chi connectivity index (χ1) is 8.31. The Labute approximate surface area is 98.6 Å². The lowest BCUT2D eigenvalue weighted by molar-refractivity contribution is 0.479. The third kappa shape index (κ3) is 2.62. The highest BCUT2D eigenvalue weighted by molar-refractivity contribution is 5.46. The van der Waals surface area contributed by atoms with Crippen LogP contribution in [0.25, 0.3) is 0 Å². The lowest BCUT2D eigenvalue weighted by atomic mass is 10.3. The van der Waals surface area contributed by atoms with E-state index in [1.807, 2.05) is 18.2 Å². The molecule has 0 unspecified atom stereocenters. The van der Waals surface area contributed by atoms with Gasteiger partial charge in [-0.1, -0.05) is 30.3 Å². The number of nitrogen functional groups attached to an aromatic ring is 1. The minimum absolute atomic E-state index is 0.231. The quantitative estimate of drug-likeness (QED) is 0.624. The minimum Gasteiger partial charge on any atom is -0.453 e. The van der Waals surface area contributed by atoms with E-state index in [1.54, 1.807) is 36.4 Å². The summed E-state index contributed by atoms with van der Waals surface area (Å²) in [6, 6.07) is 15.8. The van der Waals surface area contributed by atoms with Crippen LogP contribution in [0.15, 0.2) is 59.4 Å². The molecular formula is C13H12N2O2. The largest absolute Gasteiger partial charge is 0.453 e. The summed E-state index contributed by atoms with van der Waals surface area (Å²) in [5, 5.41) is 0. The smallest absolute Gasteiger partial charge is 0.245 e. The summed E-state index contributed by atoms with van der Waals surface area (Å²) in [6.07, 6.45) is 0. The first-order valence-electron chi connectivity index (χ1n) is 5.14. The first kappa shape index (κ1) is 11.2. The number of hydrazine groups is 1. The number of ether oxygens (including phenoxy) is 1. The highest BCUT2D eigenvalue weighted by Crippen LogP contribution is 2.17. The van der Waals surface area contributed by atoms with Gasteiger partial charge in [-0.25, -0.2) is 0 Å². The molecule has 0 aliphatic heterocycles. The molecule has 0 bridgehead atoms. The van der Waals surface area contributed by atoms with Gasteiger partial charge in [0.2, 0.25) is 5.43 Å². The van der Waals surface area contributed by atoms with Crippen molar-refractivity contribution in [3.8, 4) is 11.5 Å². The van der Waals surface area contributed by atoms with Gasteiger partial charge in [-0.2, -0.15) is 0 Å². The third-order valence-corrected chi connectivity index (χ3v) is 2.22. The van der Waals surface area contributed by atoms with E-state index in [2.05, 4.69) is 5.43 Å². The highest BCUT2D eigenvalue weighted by atomic mass is 16.5. The predicted molar refractivity (Wildman–Crippen MR) is 67.0 cm³/mol. The van der Waals surface area contributed by atoms with E-state index in [0.29, 0.717) is 11.4 Å². The van der Waals surface area contributed by atoms with Crippen LogP contribution >= 0.6 is 0 Å². The zero-order valence-corrected chi connectivity index (χ0v) is 9.09. The van der Waals surface area contributed by atoms with Gasteiger partial charge in [-0.05, 0) is 24.3 Å². The molecule has 4 heteroatoms. The van der Waals surface area contributed by atoms with Gasteiger partial charge in [0.1, 0.15) is 11.4 Å². The van der Waals surface area contributed by atoms with Gasteiger partial charge in [-0.15, -0.1) is 0 Å². The Bertz CT molecular complexity index is 556. The number of benzene rings is 1. The van der Waals surface area contributed by atoms with Crippen LogP contribution in [0.2, 0.25) is 0 Å². The van der Waals surface area contributed by atoms with Crippen molar-refractivity contribution in [1.29, 1.82) is 0 Å². The summed E-state index contributed by atoms with van der Waals surface area (Å²) in [6.45, 7) is 0. The summed E-state index contributed by atoms with van der Waals surface area (Å²) in [5.74, 6) is 6.10. The molecule has 3 N–H and O–H groups in total. The number of nitrogens with one attached hydrogen (secondary N) is 1. The van der Waals surface area contributed by atoms with Crippen LogP contribution in [0.1, 0.15) is 0 Å². The molecule has 4 nitrogen and oxygen atoms in total.